The number of carbonyl (C=O) groups excluding carboxylic acids is 1. The molecule has 1 aromatic carbocycles. The van der Waals surface area contributed by atoms with E-state index in [9.17, 15) is 13.6 Å². The Morgan fingerprint density at radius 3 is 2.21 bits per heavy atom. The van der Waals surface area contributed by atoms with Crippen molar-refractivity contribution in [1.82, 2.24) is 5.32 Å². The van der Waals surface area contributed by atoms with Crippen LogP contribution in [0.3, 0.4) is 0 Å². The van der Waals surface area contributed by atoms with Crippen LogP contribution in [-0.2, 0) is 10.3 Å². The molecule has 0 saturated heterocycles. The van der Waals surface area contributed by atoms with Gasteiger partial charge in [-0.3, -0.25) is 10.1 Å². The molecule has 1 atom stereocenters. The van der Waals surface area contributed by atoms with E-state index >= 15 is 0 Å². The van der Waals surface area contributed by atoms with Crippen molar-refractivity contribution in [3.05, 3.63) is 29.8 Å². The van der Waals surface area contributed by atoms with Crippen LogP contribution in [-0.4, -0.2) is 18.6 Å². The van der Waals surface area contributed by atoms with E-state index in [1.54, 1.807) is 6.92 Å². The standard InChI is InChI=1S/C13H18F2N2O2/c1-8(2)17-13(3,11(16)18)9-4-6-10(7-5-9)19-12(14)15/h4-8,12,17H,1-3H3,(H2,16,18). The lowest BCUT2D eigenvalue weighted by Crippen LogP contribution is -2.52. The van der Waals surface area contributed by atoms with Gasteiger partial charge in [-0.1, -0.05) is 12.1 Å². The van der Waals surface area contributed by atoms with E-state index in [2.05, 4.69) is 10.1 Å². The third-order valence-corrected chi connectivity index (χ3v) is 2.73. The number of rotatable bonds is 6. The van der Waals surface area contributed by atoms with Gasteiger partial charge < -0.3 is 10.5 Å². The van der Waals surface area contributed by atoms with Gasteiger partial charge in [0.1, 0.15) is 11.3 Å². The van der Waals surface area contributed by atoms with E-state index < -0.39 is 18.1 Å². The Morgan fingerprint density at radius 2 is 1.84 bits per heavy atom. The zero-order valence-electron chi connectivity index (χ0n) is 11.1. The molecule has 0 aliphatic rings. The smallest absolute Gasteiger partial charge is 0.387 e. The number of nitrogens with two attached hydrogens (primary N) is 1. The van der Waals surface area contributed by atoms with Gasteiger partial charge in [0, 0.05) is 6.04 Å². The highest BCUT2D eigenvalue weighted by atomic mass is 19.3. The number of ether oxygens (including phenoxy) is 1. The predicted octanol–water partition coefficient (Wildman–Crippen LogP) is 1.99. The predicted molar refractivity (Wildman–Crippen MR) is 67.9 cm³/mol. The molecule has 0 spiro atoms. The summed E-state index contributed by atoms with van der Waals surface area (Å²) in [7, 11) is 0. The first-order chi connectivity index (χ1) is 8.75. The third kappa shape index (κ3) is 3.89. The first kappa shape index (κ1) is 15.4. The Hall–Kier alpha value is -1.69. The normalized spacial score (nSPS) is 14.5. The Bertz CT molecular complexity index is 435. The lowest BCUT2D eigenvalue weighted by atomic mass is 9.90. The van der Waals surface area contributed by atoms with Crippen molar-refractivity contribution in [3.8, 4) is 5.75 Å². The van der Waals surface area contributed by atoms with Gasteiger partial charge in [-0.05, 0) is 38.5 Å². The molecule has 106 valence electrons. The molecule has 0 aliphatic heterocycles. The number of halogens is 2. The summed E-state index contributed by atoms with van der Waals surface area (Å²) in [6.45, 7) is 2.55. The molecule has 0 aliphatic carbocycles. The highest BCUT2D eigenvalue weighted by Crippen LogP contribution is 2.24. The lowest BCUT2D eigenvalue weighted by Gasteiger charge is -2.30. The average Bonchev–Trinajstić information content (AvgIpc) is 2.27. The zero-order chi connectivity index (χ0) is 14.6. The van der Waals surface area contributed by atoms with Crippen molar-refractivity contribution in [2.75, 3.05) is 0 Å². The molecule has 1 unspecified atom stereocenters. The minimum absolute atomic E-state index is 0.0366. The van der Waals surface area contributed by atoms with Crippen LogP contribution in [0.25, 0.3) is 0 Å². The van der Waals surface area contributed by atoms with Gasteiger partial charge in [0.15, 0.2) is 0 Å². The van der Waals surface area contributed by atoms with E-state index in [-0.39, 0.29) is 11.8 Å². The molecular formula is C13H18F2N2O2. The summed E-state index contributed by atoms with van der Waals surface area (Å²) in [6.07, 6.45) is 0. The average molecular weight is 272 g/mol. The Kier molecular flexibility index (Phi) is 4.83. The van der Waals surface area contributed by atoms with Crippen molar-refractivity contribution < 1.29 is 18.3 Å². The molecule has 0 bridgehead atoms. The number of nitrogens with one attached hydrogen (secondary N) is 1. The zero-order valence-corrected chi connectivity index (χ0v) is 11.1. The largest absolute Gasteiger partial charge is 0.435 e. The van der Waals surface area contributed by atoms with Crippen LogP contribution in [0.4, 0.5) is 8.78 Å². The fraction of sp³-hybridized carbons (Fsp3) is 0.462. The Balaban J connectivity index is 3.01. The van der Waals surface area contributed by atoms with Crippen LogP contribution in [0.5, 0.6) is 5.75 Å². The van der Waals surface area contributed by atoms with Crippen molar-refractivity contribution >= 4 is 5.91 Å². The number of primary amides is 1. The molecule has 4 nitrogen and oxygen atoms in total. The molecule has 1 rings (SSSR count). The van der Waals surface area contributed by atoms with Crippen molar-refractivity contribution in [1.29, 1.82) is 0 Å². The van der Waals surface area contributed by atoms with Crippen LogP contribution in [0.2, 0.25) is 0 Å². The van der Waals surface area contributed by atoms with E-state index in [0.717, 1.165) is 0 Å². The highest BCUT2D eigenvalue weighted by Gasteiger charge is 2.33. The summed E-state index contributed by atoms with van der Waals surface area (Å²) in [5, 5.41) is 3.07. The number of carbonyl (C=O) groups is 1. The van der Waals surface area contributed by atoms with Crippen molar-refractivity contribution in [3.63, 3.8) is 0 Å². The Labute approximate surface area is 110 Å². The number of benzene rings is 1. The van der Waals surface area contributed by atoms with Gasteiger partial charge >= 0.3 is 6.61 Å². The monoisotopic (exact) mass is 272 g/mol. The molecule has 6 heteroatoms. The summed E-state index contributed by atoms with van der Waals surface area (Å²) in [5.74, 6) is -0.501. The van der Waals surface area contributed by atoms with E-state index in [1.165, 1.54) is 24.3 Å². The van der Waals surface area contributed by atoms with Gasteiger partial charge in [0.2, 0.25) is 5.91 Å². The quantitative estimate of drug-likeness (QED) is 0.832. The topological polar surface area (TPSA) is 64.3 Å². The molecule has 0 radical (unpaired) electrons. The molecule has 1 aromatic rings. The van der Waals surface area contributed by atoms with Gasteiger partial charge in [-0.25, -0.2) is 0 Å². The molecule has 0 heterocycles. The minimum Gasteiger partial charge on any atom is -0.435 e. The number of amides is 1. The molecular weight excluding hydrogens is 254 g/mol. The Morgan fingerprint density at radius 1 is 1.32 bits per heavy atom. The van der Waals surface area contributed by atoms with Gasteiger partial charge in [-0.2, -0.15) is 8.78 Å². The van der Waals surface area contributed by atoms with Gasteiger partial charge in [0.25, 0.3) is 0 Å². The molecule has 0 fully saturated rings. The first-order valence-corrected chi connectivity index (χ1v) is 5.88. The molecule has 0 aromatic heterocycles. The summed E-state index contributed by atoms with van der Waals surface area (Å²) >= 11 is 0. The fourth-order valence-electron chi connectivity index (χ4n) is 1.84. The second-order valence-electron chi connectivity index (χ2n) is 4.69. The molecule has 1 amide bonds. The third-order valence-electron chi connectivity index (χ3n) is 2.73. The van der Waals surface area contributed by atoms with Crippen LogP contribution >= 0.6 is 0 Å². The van der Waals surface area contributed by atoms with Crippen LogP contribution in [0, 0.1) is 0 Å². The van der Waals surface area contributed by atoms with Gasteiger partial charge in [0.05, 0.1) is 0 Å². The number of hydrogen-bond donors (Lipinski definition) is 2. The van der Waals surface area contributed by atoms with E-state index in [1.807, 2.05) is 13.8 Å². The molecule has 19 heavy (non-hydrogen) atoms. The van der Waals surface area contributed by atoms with Crippen molar-refractivity contribution in [2.24, 2.45) is 5.73 Å². The SMILES string of the molecule is CC(C)NC(C)(C(N)=O)c1ccc(OC(F)F)cc1. The second kappa shape index (κ2) is 5.97. The summed E-state index contributed by atoms with van der Waals surface area (Å²) < 4.78 is 28.3. The first-order valence-electron chi connectivity index (χ1n) is 5.88. The van der Waals surface area contributed by atoms with Gasteiger partial charge in [-0.15, -0.1) is 0 Å². The lowest BCUT2D eigenvalue weighted by molar-refractivity contribution is -0.124. The fourth-order valence-corrected chi connectivity index (χ4v) is 1.84. The molecule has 3 N–H and O–H groups in total. The van der Waals surface area contributed by atoms with E-state index in [4.69, 9.17) is 5.73 Å². The number of hydrogen-bond acceptors (Lipinski definition) is 3. The maximum absolute atomic E-state index is 12.0. The molecule has 0 saturated carbocycles. The van der Waals surface area contributed by atoms with Crippen molar-refractivity contribution in [2.45, 2.75) is 39.0 Å². The summed E-state index contributed by atoms with van der Waals surface area (Å²) in [4.78, 5) is 11.6. The van der Waals surface area contributed by atoms with E-state index in [0.29, 0.717) is 5.56 Å². The number of alkyl halides is 2. The van der Waals surface area contributed by atoms with Crippen LogP contribution in [0.1, 0.15) is 26.3 Å². The van der Waals surface area contributed by atoms with Crippen LogP contribution < -0.4 is 15.8 Å². The minimum atomic E-state index is -2.87. The summed E-state index contributed by atoms with van der Waals surface area (Å²) in [5.41, 5.74) is 4.95. The maximum atomic E-state index is 12.0. The summed E-state index contributed by atoms with van der Waals surface area (Å²) in [6, 6.07) is 5.87. The second-order valence-corrected chi connectivity index (χ2v) is 4.69. The highest BCUT2D eigenvalue weighted by molar-refractivity contribution is 5.85. The maximum Gasteiger partial charge on any atom is 0.387 e. The van der Waals surface area contributed by atoms with Crippen LogP contribution in [0.15, 0.2) is 24.3 Å².